The summed E-state index contributed by atoms with van der Waals surface area (Å²) in [6.45, 7) is 4.05. The summed E-state index contributed by atoms with van der Waals surface area (Å²) in [5.41, 5.74) is 0. The highest BCUT2D eigenvalue weighted by Gasteiger charge is 2.50. The number of carbonyl (C=O) groups is 1. The van der Waals surface area contributed by atoms with Gasteiger partial charge in [-0.25, -0.2) is 0 Å². The second-order valence-electron chi connectivity index (χ2n) is 4.40. The van der Waals surface area contributed by atoms with Gasteiger partial charge in [0.05, 0.1) is 0 Å². The van der Waals surface area contributed by atoms with Gasteiger partial charge in [-0.05, 0) is 31.1 Å². The van der Waals surface area contributed by atoms with Gasteiger partial charge in [0.15, 0.2) is 0 Å². The molecule has 0 amide bonds. The summed E-state index contributed by atoms with van der Waals surface area (Å²) in [5, 5.41) is 0. The van der Waals surface area contributed by atoms with Crippen LogP contribution in [-0.4, -0.2) is 5.78 Å². The van der Waals surface area contributed by atoms with E-state index in [1.807, 2.05) is 13.8 Å². The van der Waals surface area contributed by atoms with Crippen molar-refractivity contribution in [1.29, 1.82) is 0 Å². The van der Waals surface area contributed by atoms with Gasteiger partial charge in [0, 0.05) is 11.8 Å². The van der Waals surface area contributed by atoms with Crippen molar-refractivity contribution in [3.05, 3.63) is 0 Å². The highest BCUT2D eigenvalue weighted by molar-refractivity contribution is 5.83. The molecular formula is C10H16O. The number of rotatable bonds is 2. The monoisotopic (exact) mass is 152 g/mol. The Morgan fingerprint density at radius 1 is 1.36 bits per heavy atom. The van der Waals surface area contributed by atoms with Crippen LogP contribution in [0.1, 0.15) is 33.1 Å². The minimum absolute atomic E-state index is 0.263. The Kier molecular flexibility index (Phi) is 1.55. The minimum Gasteiger partial charge on any atom is -0.299 e. The van der Waals surface area contributed by atoms with Crippen LogP contribution in [0.3, 0.4) is 0 Å². The largest absolute Gasteiger partial charge is 0.299 e. The Morgan fingerprint density at radius 3 is 2.45 bits per heavy atom. The van der Waals surface area contributed by atoms with Crippen molar-refractivity contribution in [3.8, 4) is 0 Å². The van der Waals surface area contributed by atoms with Crippen molar-refractivity contribution >= 4 is 5.78 Å². The lowest BCUT2D eigenvalue weighted by molar-refractivity contribution is -0.126. The van der Waals surface area contributed by atoms with Crippen LogP contribution in [0.15, 0.2) is 0 Å². The van der Waals surface area contributed by atoms with E-state index in [2.05, 4.69) is 0 Å². The van der Waals surface area contributed by atoms with Crippen molar-refractivity contribution in [2.24, 2.45) is 23.7 Å². The molecule has 0 heterocycles. The Labute approximate surface area is 68.2 Å². The fourth-order valence-electron chi connectivity index (χ4n) is 2.48. The van der Waals surface area contributed by atoms with Crippen molar-refractivity contribution in [1.82, 2.24) is 0 Å². The molecule has 0 aliphatic heterocycles. The number of Topliss-reactive ketones (excluding diaryl/α,β-unsaturated/α-hetero) is 1. The molecule has 2 saturated carbocycles. The van der Waals surface area contributed by atoms with Crippen LogP contribution < -0.4 is 0 Å². The van der Waals surface area contributed by atoms with E-state index in [1.54, 1.807) is 0 Å². The molecule has 2 fully saturated rings. The quantitative estimate of drug-likeness (QED) is 0.593. The summed E-state index contributed by atoms with van der Waals surface area (Å²) in [5.74, 6) is 3.00. The number of hydrogen-bond donors (Lipinski definition) is 0. The molecule has 11 heavy (non-hydrogen) atoms. The number of hydrogen-bond acceptors (Lipinski definition) is 1. The van der Waals surface area contributed by atoms with Gasteiger partial charge >= 0.3 is 0 Å². The highest BCUT2D eigenvalue weighted by Crippen LogP contribution is 2.55. The van der Waals surface area contributed by atoms with Gasteiger partial charge in [-0.3, -0.25) is 4.79 Å². The van der Waals surface area contributed by atoms with Crippen LogP contribution in [0, 0.1) is 23.7 Å². The van der Waals surface area contributed by atoms with E-state index in [0.29, 0.717) is 11.7 Å². The van der Waals surface area contributed by atoms with Gasteiger partial charge in [0.25, 0.3) is 0 Å². The molecule has 0 aromatic rings. The predicted molar refractivity (Wildman–Crippen MR) is 44.2 cm³/mol. The lowest BCUT2D eigenvalue weighted by atomic mass is 9.91. The first-order chi connectivity index (χ1) is 5.20. The molecule has 0 aromatic carbocycles. The second kappa shape index (κ2) is 2.33. The van der Waals surface area contributed by atoms with Gasteiger partial charge in [0.1, 0.15) is 5.78 Å². The molecule has 2 aliphatic carbocycles. The van der Waals surface area contributed by atoms with Gasteiger partial charge in [-0.1, -0.05) is 13.8 Å². The first-order valence-electron chi connectivity index (χ1n) is 4.74. The van der Waals surface area contributed by atoms with Crippen molar-refractivity contribution < 1.29 is 4.79 Å². The Balaban J connectivity index is 1.99. The van der Waals surface area contributed by atoms with Crippen molar-refractivity contribution in [2.75, 3.05) is 0 Å². The molecular weight excluding hydrogens is 136 g/mol. The highest BCUT2D eigenvalue weighted by atomic mass is 16.1. The molecule has 3 atom stereocenters. The third-order valence-corrected chi connectivity index (χ3v) is 3.28. The molecule has 0 radical (unpaired) electrons. The maximum absolute atomic E-state index is 11.6. The SMILES string of the molecule is CC(C)C(=O)C1CCC2CC21. The normalized spacial score (nSPS) is 40.8. The summed E-state index contributed by atoms with van der Waals surface area (Å²) in [6.07, 6.45) is 3.86. The van der Waals surface area contributed by atoms with Crippen molar-refractivity contribution in [2.45, 2.75) is 33.1 Å². The number of carbonyl (C=O) groups excluding carboxylic acids is 1. The standard InChI is InChI=1S/C10H16O/c1-6(2)10(11)8-4-3-7-5-9(7)8/h6-9H,3-5H2,1-2H3. The molecule has 0 bridgehead atoms. The molecule has 0 aromatic heterocycles. The Hall–Kier alpha value is -0.330. The molecule has 2 aliphatic rings. The van der Waals surface area contributed by atoms with Gasteiger partial charge < -0.3 is 0 Å². The smallest absolute Gasteiger partial charge is 0.138 e. The van der Waals surface area contributed by atoms with Crippen molar-refractivity contribution in [3.63, 3.8) is 0 Å². The predicted octanol–water partition coefficient (Wildman–Crippen LogP) is 2.26. The van der Waals surface area contributed by atoms with Gasteiger partial charge in [-0.15, -0.1) is 0 Å². The maximum Gasteiger partial charge on any atom is 0.138 e. The fraction of sp³-hybridized carbons (Fsp3) is 0.900. The summed E-state index contributed by atoms with van der Waals surface area (Å²) in [4.78, 5) is 11.6. The van der Waals surface area contributed by atoms with Crippen LogP contribution >= 0.6 is 0 Å². The summed E-state index contributed by atoms with van der Waals surface area (Å²) in [6, 6.07) is 0. The first kappa shape index (κ1) is 7.33. The van der Waals surface area contributed by atoms with E-state index >= 15 is 0 Å². The van der Waals surface area contributed by atoms with Gasteiger partial charge in [0.2, 0.25) is 0 Å². The van der Waals surface area contributed by atoms with Crippen LogP contribution in [0.4, 0.5) is 0 Å². The van der Waals surface area contributed by atoms with E-state index in [9.17, 15) is 4.79 Å². The second-order valence-corrected chi connectivity index (χ2v) is 4.40. The number of ketones is 1. The average molecular weight is 152 g/mol. The fourth-order valence-corrected chi connectivity index (χ4v) is 2.48. The average Bonchev–Trinajstić information content (AvgIpc) is 2.62. The van der Waals surface area contributed by atoms with Gasteiger partial charge in [-0.2, -0.15) is 0 Å². The third-order valence-electron chi connectivity index (χ3n) is 3.28. The molecule has 1 heteroatoms. The lowest BCUT2D eigenvalue weighted by Crippen LogP contribution is -2.19. The van der Waals surface area contributed by atoms with Crippen LogP contribution in [0.2, 0.25) is 0 Å². The van der Waals surface area contributed by atoms with E-state index in [-0.39, 0.29) is 5.92 Å². The molecule has 0 N–H and O–H groups in total. The first-order valence-corrected chi connectivity index (χ1v) is 4.74. The van der Waals surface area contributed by atoms with E-state index in [4.69, 9.17) is 0 Å². The third kappa shape index (κ3) is 1.11. The van der Waals surface area contributed by atoms with Crippen LogP contribution in [0.25, 0.3) is 0 Å². The molecule has 0 saturated heterocycles. The maximum atomic E-state index is 11.6. The Morgan fingerprint density at radius 2 is 2.09 bits per heavy atom. The zero-order valence-electron chi connectivity index (χ0n) is 7.34. The topological polar surface area (TPSA) is 17.1 Å². The van der Waals surface area contributed by atoms with Crippen LogP contribution in [0.5, 0.6) is 0 Å². The summed E-state index contributed by atoms with van der Waals surface area (Å²) >= 11 is 0. The zero-order valence-corrected chi connectivity index (χ0v) is 7.34. The van der Waals surface area contributed by atoms with E-state index < -0.39 is 0 Å². The molecule has 0 spiro atoms. The van der Waals surface area contributed by atoms with Crippen LogP contribution in [-0.2, 0) is 4.79 Å². The Bertz CT molecular complexity index is 183. The molecule has 2 rings (SSSR count). The van der Waals surface area contributed by atoms with E-state index in [1.165, 1.54) is 19.3 Å². The molecule has 62 valence electrons. The minimum atomic E-state index is 0.263. The molecule has 1 nitrogen and oxygen atoms in total. The zero-order chi connectivity index (χ0) is 8.01. The van der Waals surface area contributed by atoms with E-state index in [0.717, 1.165) is 11.8 Å². The lowest BCUT2D eigenvalue weighted by Gasteiger charge is -2.12. The number of fused-ring (bicyclic) bond motifs is 1. The summed E-state index contributed by atoms with van der Waals surface area (Å²) < 4.78 is 0. The molecule has 3 unspecified atom stereocenters. The summed E-state index contributed by atoms with van der Waals surface area (Å²) in [7, 11) is 0.